The topological polar surface area (TPSA) is 55.6 Å². The maximum absolute atomic E-state index is 13.2. The summed E-state index contributed by atoms with van der Waals surface area (Å²) in [6.45, 7) is 3.97. The van der Waals surface area contributed by atoms with Crippen LogP contribution in [0.5, 0.6) is 0 Å². The third-order valence-corrected chi connectivity index (χ3v) is 6.56. The quantitative estimate of drug-likeness (QED) is 0.409. The van der Waals surface area contributed by atoms with E-state index in [0.29, 0.717) is 0 Å². The predicted octanol–water partition coefficient (Wildman–Crippen LogP) is 5.31. The normalized spacial score (nSPS) is 20.9. The van der Waals surface area contributed by atoms with Gasteiger partial charge in [0.15, 0.2) is 5.54 Å². The van der Waals surface area contributed by atoms with Crippen LogP contribution in [0.15, 0.2) is 78.9 Å². The van der Waals surface area contributed by atoms with Gasteiger partial charge >= 0.3 is 12.1 Å². The molecule has 5 rings (SSSR count). The molecule has 5 nitrogen and oxygen atoms in total. The third kappa shape index (κ3) is 3.08. The molecule has 1 saturated heterocycles. The van der Waals surface area contributed by atoms with Crippen molar-refractivity contribution in [2.24, 2.45) is 0 Å². The molecule has 0 radical (unpaired) electrons. The maximum atomic E-state index is 13.2. The highest BCUT2D eigenvalue weighted by molar-refractivity contribution is 5.93. The SMILES string of the molecule is CCOC(=O)[C@@]1(C)[C@@H](c2ccccc2)N1C(=O)OCC1c2ccccc2-c2ccccc21. The van der Waals surface area contributed by atoms with Crippen LogP contribution < -0.4 is 0 Å². The number of hydrogen-bond donors (Lipinski definition) is 0. The van der Waals surface area contributed by atoms with Crippen LogP contribution in [-0.4, -0.2) is 35.7 Å². The van der Waals surface area contributed by atoms with Gasteiger partial charge in [-0.3, -0.25) is 4.90 Å². The number of nitrogens with zero attached hydrogens (tertiary/aromatic N) is 1. The van der Waals surface area contributed by atoms with Crippen LogP contribution in [0.25, 0.3) is 11.1 Å². The van der Waals surface area contributed by atoms with Gasteiger partial charge in [0.1, 0.15) is 6.61 Å². The molecule has 0 aromatic heterocycles. The van der Waals surface area contributed by atoms with Crippen molar-refractivity contribution in [1.29, 1.82) is 0 Å². The van der Waals surface area contributed by atoms with Gasteiger partial charge in [-0.1, -0.05) is 78.9 Å². The van der Waals surface area contributed by atoms with Crippen LogP contribution in [0.4, 0.5) is 4.79 Å². The van der Waals surface area contributed by atoms with E-state index in [4.69, 9.17) is 9.47 Å². The van der Waals surface area contributed by atoms with Gasteiger partial charge in [0.2, 0.25) is 0 Å². The molecule has 1 amide bonds. The monoisotopic (exact) mass is 427 g/mol. The molecule has 5 heteroatoms. The molecule has 162 valence electrons. The fourth-order valence-electron chi connectivity index (χ4n) is 4.94. The van der Waals surface area contributed by atoms with Gasteiger partial charge < -0.3 is 9.47 Å². The molecule has 2 aliphatic rings. The summed E-state index contributed by atoms with van der Waals surface area (Å²) in [4.78, 5) is 27.4. The Morgan fingerprint density at radius 3 is 2.00 bits per heavy atom. The minimum atomic E-state index is -1.07. The van der Waals surface area contributed by atoms with E-state index in [9.17, 15) is 9.59 Å². The van der Waals surface area contributed by atoms with Gasteiger partial charge in [0.25, 0.3) is 0 Å². The Morgan fingerprint density at radius 2 is 1.41 bits per heavy atom. The summed E-state index contributed by atoms with van der Waals surface area (Å²) >= 11 is 0. The van der Waals surface area contributed by atoms with E-state index in [1.807, 2.05) is 54.6 Å². The first kappa shape index (κ1) is 20.3. The van der Waals surface area contributed by atoms with Crippen molar-refractivity contribution in [1.82, 2.24) is 4.90 Å². The number of carbonyl (C=O) groups is 2. The van der Waals surface area contributed by atoms with E-state index >= 15 is 0 Å². The summed E-state index contributed by atoms with van der Waals surface area (Å²) in [7, 11) is 0. The lowest BCUT2D eigenvalue weighted by Gasteiger charge is -2.16. The van der Waals surface area contributed by atoms with Crippen LogP contribution in [0, 0.1) is 0 Å². The van der Waals surface area contributed by atoms with Crippen LogP contribution in [0.1, 0.15) is 42.5 Å². The minimum Gasteiger partial charge on any atom is -0.464 e. The highest BCUT2D eigenvalue weighted by Gasteiger charge is 2.69. The summed E-state index contributed by atoms with van der Waals surface area (Å²) in [6.07, 6.45) is -0.503. The van der Waals surface area contributed by atoms with Gasteiger partial charge in [-0.2, -0.15) is 0 Å². The van der Waals surface area contributed by atoms with Crippen molar-refractivity contribution >= 4 is 12.1 Å². The van der Waals surface area contributed by atoms with Gasteiger partial charge in [0, 0.05) is 5.92 Å². The zero-order valence-electron chi connectivity index (χ0n) is 18.2. The van der Waals surface area contributed by atoms with Crippen molar-refractivity contribution in [3.63, 3.8) is 0 Å². The Labute approximate surface area is 187 Å². The molecule has 3 aromatic carbocycles. The Morgan fingerprint density at radius 1 is 0.844 bits per heavy atom. The maximum Gasteiger partial charge on any atom is 0.411 e. The molecule has 1 aliphatic heterocycles. The van der Waals surface area contributed by atoms with Crippen LogP contribution in [0.3, 0.4) is 0 Å². The van der Waals surface area contributed by atoms with Crippen molar-refractivity contribution < 1.29 is 19.1 Å². The predicted molar refractivity (Wildman–Crippen MR) is 121 cm³/mol. The number of hydrogen-bond acceptors (Lipinski definition) is 4. The summed E-state index contributed by atoms with van der Waals surface area (Å²) in [5, 5.41) is 0. The molecular weight excluding hydrogens is 402 g/mol. The van der Waals surface area contributed by atoms with Gasteiger partial charge in [-0.05, 0) is 41.7 Å². The average molecular weight is 428 g/mol. The zero-order valence-corrected chi connectivity index (χ0v) is 18.2. The standard InChI is InChI=1S/C27H25NO4/c1-3-31-25(29)27(2)24(18-11-5-4-6-12-18)28(27)26(30)32-17-23-21-15-9-7-13-19(21)20-14-8-10-16-22(20)23/h4-16,23-24H,3,17H2,1-2H3/t24-,27-,28?/m1/s1. The number of rotatable bonds is 5. The number of carbonyl (C=O) groups excluding carboxylic acids is 2. The lowest BCUT2D eigenvalue weighted by molar-refractivity contribution is -0.147. The smallest absolute Gasteiger partial charge is 0.411 e. The van der Waals surface area contributed by atoms with Crippen molar-refractivity contribution in [2.75, 3.05) is 13.2 Å². The van der Waals surface area contributed by atoms with E-state index in [1.165, 1.54) is 16.0 Å². The Balaban J connectivity index is 1.38. The average Bonchev–Trinajstić information content (AvgIpc) is 3.35. The molecule has 1 fully saturated rings. The Kier molecular flexibility index (Phi) is 4.97. The highest BCUT2D eigenvalue weighted by Crippen LogP contribution is 2.54. The molecule has 32 heavy (non-hydrogen) atoms. The van der Waals surface area contributed by atoms with Crippen molar-refractivity contribution in [2.45, 2.75) is 31.3 Å². The molecule has 3 aromatic rings. The summed E-state index contributed by atoms with van der Waals surface area (Å²) in [5.74, 6) is -0.447. The second-order valence-corrected chi connectivity index (χ2v) is 8.36. The van der Waals surface area contributed by atoms with E-state index in [1.54, 1.807) is 13.8 Å². The van der Waals surface area contributed by atoms with E-state index in [0.717, 1.165) is 16.7 Å². The van der Waals surface area contributed by atoms with Crippen LogP contribution in [0.2, 0.25) is 0 Å². The number of fused-ring (bicyclic) bond motifs is 3. The molecule has 0 unspecified atom stereocenters. The van der Waals surface area contributed by atoms with Gasteiger partial charge in [-0.15, -0.1) is 0 Å². The second-order valence-electron chi connectivity index (χ2n) is 8.36. The first-order valence-electron chi connectivity index (χ1n) is 10.9. The largest absolute Gasteiger partial charge is 0.464 e. The van der Waals surface area contributed by atoms with E-state index in [-0.39, 0.29) is 19.1 Å². The van der Waals surface area contributed by atoms with Crippen molar-refractivity contribution in [3.8, 4) is 11.1 Å². The second kappa shape index (κ2) is 7.83. The fraction of sp³-hybridized carbons (Fsp3) is 0.259. The zero-order chi connectivity index (χ0) is 22.3. The van der Waals surface area contributed by atoms with Crippen LogP contribution >= 0.6 is 0 Å². The van der Waals surface area contributed by atoms with Gasteiger partial charge in [-0.25, -0.2) is 9.59 Å². The molecule has 0 N–H and O–H groups in total. The molecule has 1 aliphatic carbocycles. The van der Waals surface area contributed by atoms with E-state index < -0.39 is 23.6 Å². The fourth-order valence-corrected chi connectivity index (χ4v) is 4.94. The Bertz CT molecular complexity index is 1130. The molecular formula is C27H25NO4. The van der Waals surface area contributed by atoms with Crippen molar-refractivity contribution in [3.05, 3.63) is 95.6 Å². The molecule has 0 bridgehead atoms. The first-order valence-corrected chi connectivity index (χ1v) is 10.9. The molecule has 2 atom stereocenters. The van der Waals surface area contributed by atoms with Crippen LogP contribution in [-0.2, 0) is 14.3 Å². The molecule has 0 spiro atoms. The Hall–Kier alpha value is -3.60. The number of benzene rings is 3. The minimum absolute atomic E-state index is 0.0321. The highest BCUT2D eigenvalue weighted by atomic mass is 16.6. The summed E-state index contributed by atoms with van der Waals surface area (Å²) in [6, 6.07) is 25.6. The molecule has 1 heterocycles. The third-order valence-electron chi connectivity index (χ3n) is 6.56. The molecule has 0 saturated carbocycles. The number of esters is 1. The first-order chi connectivity index (χ1) is 15.6. The lowest BCUT2D eigenvalue weighted by Crippen LogP contribution is -2.32. The van der Waals surface area contributed by atoms with E-state index in [2.05, 4.69) is 24.3 Å². The number of ether oxygens (including phenoxy) is 2. The summed E-state index contributed by atoms with van der Waals surface area (Å²) in [5.41, 5.74) is 4.47. The lowest BCUT2D eigenvalue weighted by atomic mass is 9.98. The van der Waals surface area contributed by atoms with Gasteiger partial charge in [0.05, 0.1) is 12.6 Å². The summed E-state index contributed by atoms with van der Waals surface area (Å²) < 4.78 is 11.1. The number of amides is 1.